The van der Waals surface area contributed by atoms with Gasteiger partial charge in [-0.05, 0) is 20.9 Å². The van der Waals surface area contributed by atoms with E-state index in [0.717, 1.165) is 0 Å². The van der Waals surface area contributed by atoms with E-state index in [1.807, 2.05) is 0 Å². The van der Waals surface area contributed by atoms with Gasteiger partial charge in [0.15, 0.2) is 12.0 Å². The highest BCUT2D eigenvalue weighted by molar-refractivity contribution is 5.94. The fourth-order valence-electron chi connectivity index (χ4n) is 3.17. The van der Waals surface area contributed by atoms with Crippen molar-refractivity contribution in [2.24, 2.45) is 0 Å². The topological polar surface area (TPSA) is 113 Å². The first-order chi connectivity index (χ1) is 10.9. The van der Waals surface area contributed by atoms with Crippen molar-refractivity contribution in [1.29, 1.82) is 0 Å². The number of nitrogens with one attached hydrogen (secondary N) is 2. The predicted octanol–water partition coefficient (Wildman–Crippen LogP) is -1.97. The lowest BCUT2D eigenvalue weighted by Gasteiger charge is -2.38. The first-order valence-corrected chi connectivity index (χ1v) is 7.60. The van der Waals surface area contributed by atoms with Gasteiger partial charge in [0.05, 0.1) is 6.61 Å². The van der Waals surface area contributed by atoms with Gasteiger partial charge in [-0.3, -0.25) is 4.79 Å². The molecule has 130 valence electrons. The van der Waals surface area contributed by atoms with E-state index in [1.54, 1.807) is 27.1 Å². The SMILES string of the molecule is CNCC1=CN([C@@H]2O[C@H](CO)C3OC(C)(C)OC32)C(O)NC1=O. The molecule has 0 radical (unpaired) electrons. The summed E-state index contributed by atoms with van der Waals surface area (Å²) < 4.78 is 17.5. The first-order valence-electron chi connectivity index (χ1n) is 7.60. The zero-order chi connectivity index (χ0) is 16.8. The molecule has 23 heavy (non-hydrogen) atoms. The normalized spacial score (nSPS) is 39.2. The van der Waals surface area contributed by atoms with Crippen LogP contribution in [0.1, 0.15) is 13.8 Å². The monoisotopic (exact) mass is 329 g/mol. The smallest absolute Gasteiger partial charge is 0.253 e. The molecule has 3 heterocycles. The van der Waals surface area contributed by atoms with Crippen LogP contribution in [0, 0.1) is 0 Å². The summed E-state index contributed by atoms with van der Waals surface area (Å²) in [6, 6.07) is 0. The minimum absolute atomic E-state index is 0.222. The summed E-state index contributed by atoms with van der Waals surface area (Å²) >= 11 is 0. The number of aliphatic hydroxyl groups excluding tert-OH is 2. The number of ether oxygens (including phenoxy) is 3. The minimum atomic E-state index is -1.24. The van der Waals surface area contributed by atoms with Crippen molar-refractivity contribution in [1.82, 2.24) is 15.5 Å². The molecule has 0 aromatic heterocycles. The van der Waals surface area contributed by atoms with Crippen molar-refractivity contribution in [2.75, 3.05) is 20.2 Å². The Kier molecular flexibility index (Phi) is 4.34. The van der Waals surface area contributed by atoms with Crippen LogP contribution in [0.4, 0.5) is 0 Å². The van der Waals surface area contributed by atoms with E-state index in [1.165, 1.54) is 4.90 Å². The molecule has 3 unspecified atom stereocenters. The summed E-state index contributed by atoms with van der Waals surface area (Å²) in [5, 5.41) is 25.1. The molecule has 0 saturated carbocycles. The average molecular weight is 329 g/mol. The fourth-order valence-corrected chi connectivity index (χ4v) is 3.17. The highest BCUT2D eigenvalue weighted by Crippen LogP contribution is 2.40. The van der Waals surface area contributed by atoms with Crippen molar-refractivity contribution in [3.63, 3.8) is 0 Å². The third kappa shape index (κ3) is 2.95. The molecule has 2 fully saturated rings. The summed E-state index contributed by atoms with van der Waals surface area (Å²) in [4.78, 5) is 13.3. The van der Waals surface area contributed by atoms with E-state index in [4.69, 9.17) is 14.2 Å². The van der Waals surface area contributed by atoms with Gasteiger partial charge in [0.2, 0.25) is 6.35 Å². The Morgan fingerprint density at radius 2 is 2.09 bits per heavy atom. The molecule has 3 aliphatic rings. The minimum Gasteiger partial charge on any atom is -0.394 e. The van der Waals surface area contributed by atoms with Crippen molar-refractivity contribution < 1.29 is 29.2 Å². The second kappa shape index (κ2) is 6.00. The Hall–Kier alpha value is -1.23. The lowest BCUT2D eigenvalue weighted by Crippen LogP contribution is -2.57. The highest BCUT2D eigenvalue weighted by atomic mass is 16.8. The number of hydrogen-bond acceptors (Lipinski definition) is 8. The largest absolute Gasteiger partial charge is 0.394 e. The number of nitrogens with zero attached hydrogens (tertiary/aromatic N) is 1. The molecule has 1 amide bonds. The lowest BCUT2D eigenvalue weighted by atomic mass is 10.1. The summed E-state index contributed by atoms with van der Waals surface area (Å²) in [7, 11) is 1.73. The number of hydrogen-bond donors (Lipinski definition) is 4. The molecule has 9 heteroatoms. The van der Waals surface area contributed by atoms with E-state index < -0.39 is 36.7 Å². The number of carbonyl (C=O) groups is 1. The number of aliphatic hydroxyl groups is 2. The van der Waals surface area contributed by atoms with Crippen molar-refractivity contribution in [2.45, 2.75) is 50.5 Å². The van der Waals surface area contributed by atoms with Gasteiger partial charge in [0.1, 0.15) is 18.3 Å². The van der Waals surface area contributed by atoms with Gasteiger partial charge in [-0.25, -0.2) is 0 Å². The summed E-state index contributed by atoms with van der Waals surface area (Å²) in [6.07, 6.45) is -1.85. The Labute approximate surface area is 134 Å². The molecule has 3 aliphatic heterocycles. The molecule has 5 atom stereocenters. The van der Waals surface area contributed by atoms with Crippen LogP contribution in [0.15, 0.2) is 11.8 Å². The van der Waals surface area contributed by atoms with Crippen LogP contribution in [0.3, 0.4) is 0 Å². The van der Waals surface area contributed by atoms with E-state index in [0.29, 0.717) is 12.1 Å². The Bertz CT molecular complexity index is 511. The average Bonchev–Trinajstić information content (AvgIpc) is 2.95. The quantitative estimate of drug-likeness (QED) is 0.470. The third-order valence-corrected chi connectivity index (χ3v) is 4.11. The van der Waals surface area contributed by atoms with Crippen LogP contribution in [0.2, 0.25) is 0 Å². The maximum absolute atomic E-state index is 11.9. The van der Waals surface area contributed by atoms with Gasteiger partial charge in [-0.2, -0.15) is 0 Å². The predicted molar refractivity (Wildman–Crippen MR) is 77.6 cm³/mol. The van der Waals surface area contributed by atoms with Crippen molar-refractivity contribution in [3.05, 3.63) is 11.8 Å². The highest BCUT2D eigenvalue weighted by Gasteiger charge is 2.57. The molecule has 0 bridgehead atoms. The van der Waals surface area contributed by atoms with Crippen LogP contribution in [-0.4, -0.2) is 77.9 Å². The van der Waals surface area contributed by atoms with E-state index in [9.17, 15) is 15.0 Å². The van der Waals surface area contributed by atoms with Crippen molar-refractivity contribution in [3.8, 4) is 0 Å². The zero-order valence-electron chi connectivity index (χ0n) is 13.4. The molecule has 0 aliphatic carbocycles. The second-order valence-corrected chi connectivity index (χ2v) is 6.29. The van der Waals surface area contributed by atoms with Gasteiger partial charge in [-0.15, -0.1) is 0 Å². The summed E-state index contributed by atoms with van der Waals surface area (Å²) in [5.41, 5.74) is 0.462. The number of fused-ring (bicyclic) bond motifs is 1. The van der Waals surface area contributed by atoms with Gasteiger partial charge >= 0.3 is 0 Å². The molecule has 0 aromatic carbocycles. The van der Waals surface area contributed by atoms with Gasteiger partial charge in [0.25, 0.3) is 5.91 Å². The van der Waals surface area contributed by atoms with E-state index in [-0.39, 0.29) is 12.5 Å². The second-order valence-electron chi connectivity index (χ2n) is 6.29. The number of amides is 1. The number of carbonyl (C=O) groups excluding carboxylic acids is 1. The molecule has 0 spiro atoms. The zero-order valence-corrected chi connectivity index (χ0v) is 13.4. The molecule has 4 N–H and O–H groups in total. The Balaban J connectivity index is 1.86. The number of likely N-dealkylation sites (N-methyl/N-ethyl adjacent to an activating group) is 1. The maximum Gasteiger partial charge on any atom is 0.253 e. The van der Waals surface area contributed by atoms with Crippen LogP contribution in [0.25, 0.3) is 0 Å². The third-order valence-electron chi connectivity index (χ3n) is 4.11. The summed E-state index contributed by atoms with van der Waals surface area (Å²) in [5.74, 6) is -1.15. The first kappa shape index (κ1) is 16.6. The maximum atomic E-state index is 11.9. The molecule has 2 saturated heterocycles. The fraction of sp³-hybridized carbons (Fsp3) is 0.786. The molecule has 9 nitrogen and oxygen atoms in total. The number of rotatable bonds is 4. The molecule has 0 aromatic rings. The molecular weight excluding hydrogens is 306 g/mol. The van der Waals surface area contributed by atoms with Gasteiger partial charge in [-0.1, -0.05) is 0 Å². The van der Waals surface area contributed by atoms with E-state index in [2.05, 4.69) is 10.6 Å². The van der Waals surface area contributed by atoms with Gasteiger partial charge in [0, 0.05) is 18.3 Å². The van der Waals surface area contributed by atoms with Crippen LogP contribution < -0.4 is 10.6 Å². The standard InChI is InChI=1S/C14H23N3O6/c1-14(2)22-9-8(6-18)21-12(10(9)23-14)17-5-7(4-15-3)11(19)16-13(17)20/h5,8-10,12-13,15,18,20H,4,6H2,1-3H3,(H,16,19)/t8-,9?,10?,12-,13?/m1/s1. The molecular formula is C14H23N3O6. The van der Waals surface area contributed by atoms with E-state index >= 15 is 0 Å². The van der Waals surface area contributed by atoms with Crippen LogP contribution >= 0.6 is 0 Å². The van der Waals surface area contributed by atoms with Crippen LogP contribution in [0.5, 0.6) is 0 Å². The Morgan fingerprint density at radius 3 is 2.74 bits per heavy atom. The van der Waals surface area contributed by atoms with Crippen LogP contribution in [-0.2, 0) is 19.0 Å². The Morgan fingerprint density at radius 1 is 1.39 bits per heavy atom. The lowest BCUT2D eigenvalue weighted by molar-refractivity contribution is -0.219. The summed E-state index contributed by atoms with van der Waals surface area (Å²) in [6.45, 7) is 3.70. The van der Waals surface area contributed by atoms with Crippen molar-refractivity contribution >= 4 is 5.91 Å². The van der Waals surface area contributed by atoms with Gasteiger partial charge < -0.3 is 40.0 Å². The molecule has 3 rings (SSSR count).